The van der Waals surface area contributed by atoms with Crippen molar-refractivity contribution in [2.75, 3.05) is 0 Å². The van der Waals surface area contributed by atoms with Crippen molar-refractivity contribution in [2.45, 2.75) is 40.0 Å². The van der Waals surface area contributed by atoms with Gasteiger partial charge in [0.1, 0.15) is 5.75 Å². The summed E-state index contributed by atoms with van der Waals surface area (Å²) in [6.07, 6.45) is 4.22. The molecule has 3 heteroatoms. The molecule has 3 atom stereocenters. The van der Waals surface area contributed by atoms with Crippen LogP contribution in [-0.2, 0) is 9.59 Å². The van der Waals surface area contributed by atoms with Crippen LogP contribution in [0.15, 0.2) is 59.7 Å². The third kappa shape index (κ3) is 2.05. The Morgan fingerprint density at radius 1 is 1.12 bits per heavy atom. The summed E-state index contributed by atoms with van der Waals surface area (Å²) >= 11 is 0. The molecule has 0 radical (unpaired) electrons. The maximum absolute atomic E-state index is 13.4. The lowest BCUT2D eigenvalue weighted by molar-refractivity contribution is -0.147. The van der Waals surface area contributed by atoms with Crippen molar-refractivity contribution in [3.05, 3.63) is 65.3 Å². The Labute approximate surface area is 148 Å². The minimum Gasteiger partial charge on any atom is -0.508 e. The van der Waals surface area contributed by atoms with Gasteiger partial charge in [0.05, 0.1) is 5.41 Å². The number of ketones is 2. The van der Waals surface area contributed by atoms with Crippen molar-refractivity contribution in [1.29, 1.82) is 0 Å². The molecule has 2 aliphatic rings. The SMILES string of the molecule is C=CC1=CC[C@@]2(C)C(=O)C(C)=C(C)C(=O)[C@@]2(C)[C@H]1c1ccccc1O. The van der Waals surface area contributed by atoms with Crippen molar-refractivity contribution in [1.82, 2.24) is 0 Å². The summed E-state index contributed by atoms with van der Waals surface area (Å²) in [5, 5.41) is 10.5. The van der Waals surface area contributed by atoms with Gasteiger partial charge in [0.15, 0.2) is 11.6 Å². The molecule has 1 N–H and O–H groups in total. The van der Waals surface area contributed by atoms with Gasteiger partial charge in [-0.2, -0.15) is 0 Å². The number of Topliss-reactive ketones (excluding diaryl/α,β-unsaturated/α-hetero) is 2. The van der Waals surface area contributed by atoms with Gasteiger partial charge in [-0.05, 0) is 43.1 Å². The second kappa shape index (κ2) is 5.55. The highest BCUT2D eigenvalue weighted by atomic mass is 16.3. The van der Waals surface area contributed by atoms with Crippen LogP contribution in [0.5, 0.6) is 5.75 Å². The van der Waals surface area contributed by atoms with E-state index in [1.54, 1.807) is 32.1 Å². The first kappa shape index (κ1) is 17.4. The zero-order valence-electron chi connectivity index (χ0n) is 15.2. The predicted molar refractivity (Wildman–Crippen MR) is 98.3 cm³/mol. The van der Waals surface area contributed by atoms with Crippen molar-refractivity contribution in [3.8, 4) is 5.75 Å². The molecule has 0 amide bonds. The van der Waals surface area contributed by atoms with Crippen LogP contribution >= 0.6 is 0 Å². The van der Waals surface area contributed by atoms with Gasteiger partial charge >= 0.3 is 0 Å². The fraction of sp³-hybridized carbons (Fsp3) is 0.364. The molecule has 0 aromatic heterocycles. The third-order valence-corrected chi connectivity index (χ3v) is 6.50. The van der Waals surface area contributed by atoms with Crippen LogP contribution < -0.4 is 0 Å². The molecular weight excluding hydrogens is 312 g/mol. The molecule has 3 nitrogen and oxygen atoms in total. The molecule has 3 rings (SSSR count). The Kier molecular flexibility index (Phi) is 3.86. The van der Waals surface area contributed by atoms with E-state index in [-0.39, 0.29) is 17.3 Å². The van der Waals surface area contributed by atoms with Gasteiger partial charge in [-0.3, -0.25) is 9.59 Å². The summed E-state index contributed by atoms with van der Waals surface area (Å²) in [4.78, 5) is 26.6. The Hall–Kier alpha value is -2.42. The standard InChI is InChI=1S/C22H24O3/c1-6-15-11-12-21(4)19(24)13(2)14(3)20(25)22(21,5)18(15)16-9-7-8-10-17(16)23/h6-11,18,23H,1,12H2,2-5H3/t18-,21+,22-/m1/s1. The smallest absolute Gasteiger partial charge is 0.166 e. The number of allylic oxidation sites excluding steroid dienone is 5. The molecule has 0 saturated carbocycles. The molecular formula is C22H24O3. The molecule has 0 saturated heterocycles. The fourth-order valence-electron chi connectivity index (χ4n) is 4.58. The summed E-state index contributed by atoms with van der Waals surface area (Å²) in [6.45, 7) is 11.1. The lowest BCUT2D eigenvalue weighted by Gasteiger charge is -2.54. The largest absolute Gasteiger partial charge is 0.508 e. The quantitative estimate of drug-likeness (QED) is 0.865. The average molecular weight is 336 g/mol. The van der Waals surface area contributed by atoms with Crippen LogP contribution in [0.2, 0.25) is 0 Å². The maximum Gasteiger partial charge on any atom is 0.166 e. The molecule has 0 unspecified atom stereocenters. The van der Waals surface area contributed by atoms with E-state index in [0.717, 1.165) is 5.57 Å². The number of fused-ring (bicyclic) bond motifs is 1. The number of hydrogen-bond donors (Lipinski definition) is 1. The molecule has 1 aromatic rings. The van der Waals surface area contributed by atoms with E-state index in [0.29, 0.717) is 23.1 Å². The Morgan fingerprint density at radius 2 is 1.72 bits per heavy atom. The number of aromatic hydroxyl groups is 1. The second-order valence-corrected chi connectivity index (χ2v) is 7.55. The molecule has 130 valence electrons. The van der Waals surface area contributed by atoms with E-state index in [2.05, 4.69) is 6.58 Å². The van der Waals surface area contributed by atoms with E-state index in [1.165, 1.54) is 0 Å². The maximum atomic E-state index is 13.4. The average Bonchev–Trinajstić information content (AvgIpc) is 2.61. The second-order valence-electron chi connectivity index (χ2n) is 7.55. The first-order valence-corrected chi connectivity index (χ1v) is 8.57. The van der Waals surface area contributed by atoms with Crippen LogP contribution in [0, 0.1) is 10.8 Å². The van der Waals surface area contributed by atoms with E-state index in [9.17, 15) is 14.7 Å². The Morgan fingerprint density at radius 3 is 2.32 bits per heavy atom. The van der Waals surface area contributed by atoms with Crippen LogP contribution in [0.3, 0.4) is 0 Å². The molecule has 25 heavy (non-hydrogen) atoms. The number of rotatable bonds is 2. The highest BCUT2D eigenvalue weighted by molar-refractivity contribution is 6.17. The number of benzene rings is 1. The van der Waals surface area contributed by atoms with Crippen LogP contribution in [0.25, 0.3) is 0 Å². The number of phenolic OH excluding ortho intramolecular Hbond substituents is 1. The summed E-state index contributed by atoms with van der Waals surface area (Å²) in [5.74, 6) is -0.279. The zero-order chi connectivity index (χ0) is 18.6. The number of hydrogen-bond acceptors (Lipinski definition) is 3. The summed E-state index contributed by atoms with van der Waals surface area (Å²) in [7, 11) is 0. The Bertz CT molecular complexity index is 858. The number of para-hydroxylation sites is 1. The van der Waals surface area contributed by atoms with Gasteiger partial charge in [-0.25, -0.2) is 0 Å². The minimum atomic E-state index is -0.967. The van der Waals surface area contributed by atoms with E-state index < -0.39 is 16.7 Å². The van der Waals surface area contributed by atoms with Gasteiger partial charge in [-0.1, -0.05) is 50.8 Å². The molecule has 0 bridgehead atoms. The first-order valence-electron chi connectivity index (χ1n) is 8.57. The fourth-order valence-corrected chi connectivity index (χ4v) is 4.58. The van der Waals surface area contributed by atoms with Gasteiger partial charge in [-0.15, -0.1) is 0 Å². The van der Waals surface area contributed by atoms with Gasteiger partial charge < -0.3 is 5.11 Å². The number of carbonyl (C=O) groups excluding carboxylic acids is 2. The number of phenols is 1. The van der Waals surface area contributed by atoms with E-state index >= 15 is 0 Å². The van der Waals surface area contributed by atoms with Crippen LogP contribution in [-0.4, -0.2) is 16.7 Å². The lowest BCUT2D eigenvalue weighted by Crippen LogP contribution is -2.57. The molecule has 0 heterocycles. The highest BCUT2D eigenvalue weighted by Gasteiger charge is 2.63. The van der Waals surface area contributed by atoms with E-state index in [1.807, 2.05) is 32.1 Å². The summed E-state index contributed by atoms with van der Waals surface area (Å²) in [6, 6.07) is 7.04. The first-order chi connectivity index (χ1) is 11.7. The lowest BCUT2D eigenvalue weighted by atomic mass is 9.45. The summed E-state index contributed by atoms with van der Waals surface area (Å²) < 4.78 is 0. The number of carbonyl (C=O) groups is 2. The van der Waals surface area contributed by atoms with Crippen molar-refractivity contribution < 1.29 is 14.7 Å². The molecule has 0 aliphatic heterocycles. The van der Waals surface area contributed by atoms with Gasteiger partial charge in [0.2, 0.25) is 0 Å². The minimum absolute atomic E-state index is 0.0203. The predicted octanol–water partition coefficient (Wildman–Crippen LogP) is 4.49. The van der Waals surface area contributed by atoms with Gasteiger partial charge in [0.25, 0.3) is 0 Å². The normalized spacial score (nSPS) is 32.3. The molecule has 1 aromatic carbocycles. The monoisotopic (exact) mass is 336 g/mol. The highest BCUT2D eigenvalue weighted by Crippen LogP contribution is 2.62. The molecule has 0 spiro atoms. The van der Waals surface area contributed by atoms with Crippen LogP contribution in [0.4, 0.5) is 0 Å². The zero-order valence-corrected chi connectivity index (χ0v) is 15.2. The van der Waals surface area contributed by atoms with Crippen molar-refractivity contribution >= 4 is 11.6 Å². The van der Waals surface area contributed by atoms with Crippen molar-refractivity contribution in [2.24, 2.45) is 10.8 Å². The van der Waals surface area contributed by atoms with E-state index in [4.69, 9.17) is 0 Å². The molecule has 2 aliphatic carbocycles. The molecule has 0 fully saturated rings. The van der Waals surface area contributed by atoms with Crippen molar-refractivity contribution in [3.63, 3.8) is 0 Å². The topological polar surface area (TPSA) is 54.4 Å². The third-order valence-electron chi connectivity index (χ3n) is 6.50. The van der Waals surface area contributed by atoms with Crippen LogP contribution in [0.1, 0.15) is 45.6 Å². The summed E-state index contributed by atoms with van der Waals surface area (Å²) in [5.41, 5.74) is 0.815. The van der Waals surface area contributed by atoms with Gasteiger partial charge in [0, 0.05) is 16.9 Å². The Balaban J connectivity index is 2.37.